The van der Waals surface area contributed by atoms with Crippen LogP contribution in [0.5, 0.6) is 6.01 Å². The number of aromatic nitrogens is 2. The summed E-state index contributed by atoms with van der Waals surface area (Å²) >= 11 is 0. The van der Waals surface area contributed by atoms with Crippen LogP contribution < -0.4 is 4.74 Å². The van der Waals surface area contributed by atoms with Crippen LogP contribution in [0.25, 0.3) is 5.69 Å². The molecule has 4 heteroatoms. The molecule has 0 N–H and O–H groups in total. The Balaban J connectivity index is 2.41. The Morgan fingerprint density at radius 1 is 1.33 bits per heavy atom. The van der Waals surface area contributed by atoms with Gasteiger partial charge in [0.2, 0.25) is 0 Å². The molecule has 0 saturated carbocycles. The molecule has 0 atom stereocenters. The molecule has 4 nitrogen and oxygen atoms in total. The smallest absolute Gasteiger partial charge is 0.300 e. The Morgan fingerprint density at radius 2 is 2.07 bits per heavy atom. The molecule has 0 bridgehead atoms. The molecule has 2 rings (SSSR count). The second-order valence-electron chi connectivity index (χ2n) is 2.99. The number of carbonyl (C=O) groups excluding carboxylic acids is 1. The summed E-state index contributed by atoms with van der Waals surface area (Å²) in [5.41, 5.74) is 1.56. The molecule has 1 aromatic heterocycles. The number of methoxy groups -OCH3 is 1. The SMILES string of the molecule is COc1nccn1-c1ccc(C=O)cc1. The van der Waals surface area contributed by atoms with Crippen molar-refractivity contribution >= 4 is 6.29 Å². The first kappa shape index (κ1) is 9.45. The summed E-state index contributed by atoms with van der Waals surface area (Å²) in [4.78, 5) is 14.5. The Kier molecular flexibility index (Phi) is 2.49. The van der Waals surface area contributed by atoms with Gasteiger partial charge in [-0.05, 0) is 24.3 Å². The lowest BCUT2D eigenvalue weighted by atomic mass is 10.2. The summed E-state index contributed by atoms with van der Waals surface area (Å²) in [7, 11) is 1.57. The highest BCUT2D eigenvalue weighted by atomic mass is 16.5. The molecule has 76 valence electrons. The van der Waals surface area contributed by atoms with Gasteiger partial charge in [-0.15, -0.1) is 0 Å². The van der Waals surface area contributed by atoms with E-state index in [9.17, 15) is 4.79 Å². The van der Waals surface area contributed by atoms with Gasteiger partial charge in [0.1, 0.15) is 6.29 Å². The molecule has 15 heavy (non-hydrogen) atoms. The van der Waals surface area contributed by atoms with Crippen molar-refractivity contribution in [3.8, 4) is 11.7 Å². The maximum absolute atomic E-state index is 10.5. The van der Waals surface area contributed by atoms with Gasteiger partial charge in [0.25, 0.3) is 0 Å². The van der Waals surface area contributed by atoms with Crippen LogP contribution in [-0.4, -0.2) is 22.9 Å². The molecular weight excluding hydrogens is 192 g/mol. The molecule has 2 aromatic rings. The number of hydrogen-bond donors (Lipinski definition) is 0. The topological polar surface area (TPSA) is 44.1 Å². The Morgan fingerprint density at radius 3 is 2.67 bits per heavy atom. The van der Waals surface area contributed by atoms with Crippen molar-refractivity contribution in [1.82, 2.24) is 9.55 Å². The van der Waals surface area contributed by atoms with E-state index in [2.05, 4.69) is 4.98 Å². The van der Waals surface area contributed by atoms with Gasteiger partial charge < -0.3 is 4.74 Å². The number of hydrogen-bond acceptors (Lipinski definition) is 3. The number of benzene rings is 1. The highest BCUT2D eigenvalue weighted by Gasteiger charge is 2.03. The monoisotopic (exact) mass is 202 g/mol. The van der Waals surface area contributed by atoms with Gasteiger partial charge in [0.05, 0.1) is 12.8 Å². The average molecular weight is 202 g/mol. The van der Waals surface area contributed by atoms with Crippen LogP contribution in [0.15, 0.2) is 36.7 Å². The van der Waals surface area contributed by atoms with E-state index >= 15 is 0 Å². The molecule has 0 spiro atoms. The van der Waals surface area contributed by atoms with Crippen molar-refractivity contribution in [3.63, 3.8) is 0 Å². The maximum Gasteiger partial charge on any atom is 0.300 e. The predicted octanol–water partition coefficient (Wildman–Crippen LogP) is 1.69. The minimum Gasteiger partial charge on any atom is -0.468 e. The maximum atomic E-state index is 10.5. The Bertz CT molecular complexity index is 460. The van der Waals surface area contributed by atoms with Gasteiger partial charge in [-0.2, -0.15) is 0 Å². The summed E-state index contributed by atoms with van der Waals surface area (Å²) in [5.74, 6) is 0. The van der Waals surface area contributed by atoms with Gasteiger partial charge in [-0.25, -0.2) is 4.98 Å². The largest absolute Gasteiger partial charge is 0.468 e. The molecule has 0 fully saturated rings. The van der Waals surface area contributed by atoms with E-state index in [1.165, 1.54) is 0 Å². The molecule has 0 saturated heterocycles. The average Bonchev–Trinajstić information content (AvgIpc) is 2.77. The lowest BCUT2D eigenvalue weighted by molar-refractivity contribution is 0.112. The van der Waals surface area contributed by atoms with Crippen LogP contribution in [0.3, 0.4) is 0 Å². The second kappa shape index (κ2) is 3.96. The fourth-order valence-electron chi connectivity index (χ4n) is 1.35. The number of carbonyl (C=O) groups is 1. The minimum absolute atomic E-state index is 0.522. The lowest BCUT2D eigenvalue weighted by Crippen LogP contribution is -1.97. The molecule has 0 aliphatic heterocycles. The van der Waals surface area contributed by atoms with Crippen molar-refractivity contribution in [2.24, 2.45) is 0 Å². The molecule has 1 heterocycles. The lowest BCUT2D eigenvalue weighted by Gasteiger charge is -2.05. The van der Waals surface area contributed by atoms with Crippen molar-refractivity contribution in [2.45, 2.75) is 0 Å². The molecule has 0 amide bonds. The van der Waals surface area contributed by atoms with Gasteiger partial charge in [0, 0.05) is 18.0 Å². The zero-order chi connectivity index (χ0) is 10.7. The highest BCUT2D eigenvalue weighted by molar-refractivity contribution is 5.75. The number of nitrogens with zero attached hydrogens (tertiary/aromatic N) is 2. The fourth-order valence-corrected chi connectivity index (χ4v) is 1.35. The number of imidazole rings is 1. The first-order valence-corrected chi connectivity index (χ1v) is 4.48. The Labute approximate surface area is 87.1 Å². The summed E-state index contributed by atoms with van der Waals surface area (Å²) in [5, 5.41) is 0. The standard InChI is InChI=1S/C11H10N2O2/c1-15-11-12-6-7-13(11)10-4-2-9(8-14)3-5-10/h2-8H,1H3. The van der Waals surface area contributed by atoms with Crippen molar-refractivity contribution in [2.75, 3.05) is 7.11 Å². The van der Waals surface area contributed by atoms with E-state index in [1.54, 1.807) is 36.2 Å². The molecular formula is C11H10N2O2. The summed E-state index contributed by atoms with van der Waals surface area (Å²) < 4.78 is 6.88. The van der Waals surface area contributed by atoms with Crippen molar-refractivity contribution in [3.05, 3.63) is 42.2 Å². The third kappa shape index (κ3) is 1.74. The number of aldehydes is 1. The van der Waals surface area contributed by atoms with Crippen LogP contribution >= 0.6 is 0 Å². The van der Waals surface area contributed by atoms with Gasteiger partial charge >= 0.3 is 6.01 Å². The van der Waals surface area contributed by atoms with E-state index in [0.29, 0.717) is 11.6 Å². The van der Waals surface area contributed by atoms with E-state index in [4.69, 9.17) is 4.74 Å². The van der Waals surface area contributed by atoms with Crippen LogP contribution in [0, 0.1) is 0 Å². The van der Waals surface area contributed by atoms with Crippen LogP contribution in [-0.2, 0) is 0 Å². The van der Waals surface area contributed by atoms with E-state index in [1.807, 2.05) is 12.1 Å². The third-order valence-electron chi connectivity index (χ3n) is 2.10. The molecule has 1 aromatic carbocycles. The normalized spacial score (nSPS) is 9.93. The first-order chi connectivity index (χ1) is 7.35. The van der Waals surface area contributed by atoms with Crippen molar-refractivity contribution < 1.29 is 9.53 Å². The summed E-state index contributed by atoms with van der Waals surface area (Å²) in [6.45, 7) is 0. The second-order valence-corrected chi connectivity index (χ2v) is 2.99. The van der Waals surface area contributed by atoms with Gasteiger partial charge in [0.15, 0.2) is 0 Å². The zero-order valence-corrected chi connectivity index (χ0v) is 8.25. The first-order valence-electron chi connectivity index (χ1n) is 4.48. The van der Waals surface area contributed by atoms with Gasteiger partial charge in [-0.3, -0.25) is 9.36 Å². The van der Waals surface area contributed by atoms with Crippen molar-refractivity contribution in [1.29, 1.82) is 0 Å². The molecule has 0 unspecified atom stereocenters. The van der Waals surface area contributed by atoms with E-state index in [-0.39, 0.29) is 0 Å². The molecule has 0 aliphatic carbocycles. The van der Waals surface area contributed by atoms with Crippen LogP contribution in [0.4, 0.5) is 0 Å². The number of rotatable bonds is 3. The quantitative estimate of drug-likeness (QED) is 0.711. The highest BCUT2D eigenvalue weighted by Crippen LogP contribution is 2.15. The number of ether oxygens (including phenoxy) is 1. The zero-order valence-electron chi connectivity index (χ0n) is 8.25. The summed E-state index contributed by atoms with van der Waals surface area (Å²) in [6, 6.07) is 7.71. The van der Waals surface area contributed by atoms with E-state index in [0.717, 1.165) is 12.0 Å². The van der Waals surface area contributed by atoms with Gasteiger partial charge in [-0.1, -0.05) is 0 Å². The minimum atomic E-state index is 0.522. The van der Waals surface area contributed by atoms with Crippen LogP contribution in [0.2, 0.25) is 0 Å². The van der Waals surface area contributed by atoms with Crippen LogP contribution in [0.1, 0.15) is 10.4 Å². The molecule has 0 radical (unpaired) electrons. The Hall–Kier alpha value is -2.10. The molecule has 0 aliphatic rings. The summed E-state index contributed by atoms with van der Waals surface area (Å²) in [6.07, 6.45) is 4.27. The predicted molar refractivity (Wildman–Crippen MR) is 55.5 cm³/mol. The third-order valence-corrected chi connectivity index (χ3v) is 2.10. The fraction of sp³-hybridized carbons (Fsp3) is 0.0909. The van der Waals surface area contributed by atoms with E-state index < -0.39 is 0 Å².